The summed E-state index contributed by atoms with van der Waals surface area (Å²) >= 11 is 1.37. The second-order valence-electron chi connectivity index (χ2n) is 8.02. The summed E-state index contributed by atoms with van der Waals surface area (Å²) in [5.74, 6) is -0.805. The Kier molecular flexibility index (Phi) is 5.19. The molecule has 160 valence electrons. The molecule has 1 saturated heterocycles. The maximum absolute atomic E-state index is 13.4. The number of carbonyl (C=O) groups excluding carboxylic acids is 2. The summed E-state index contributed by atoms with van der Waals surface area (Å²) in [5, 5.41) is 9.73. The Morgan fingerprint density at radius 1 is 1.23 bits per heavy atom. The Labute approximate surface area is 184 Å². The summed E-state index contributed by atoms with van der Waals surface area (Å²) in [6, 6.07) is 7.82. The van der Waals surface area contributed by atoms with E-state index in [4.69, 9.17) is 0 Å². The lowest BCUT2D eigenvalue weighted by atomic mass is 9.95. The molecule has 1 atom stereocenters. The number of anilines is 2. The number of nitrogens with zero attached hydrogens (tertiary/aromatic N) is 5. The molecule has 2 aromatic heterocycles. The number of aryl methyl sites for hydroxylation is 1. The minimum absolute atomic E-state index is 0.0670. The molecule has 1 N–H and O–H groups in total. The predicted molar refractivity (Wildman–Crippen MR) is 119 cm³/mol. The SMILES string of the molecule is Cn1cc2c(n1)C(C(=O)Nc1nccs1)CN(C(=O)c1cccc(N3CCCC3)c1)C2. The third-order valence-electron chi connectivity index (χ3n) is 5.86. The Bertz CT molecular complexity index is 1100. The maximum atomic E-state index is 13.4. The maximum Gasteiger partial charge on any atom is 0.254 e. The van der Waals surface area contributed by atoms with Gasteiger partial charge in [0.1, 0.15) is 5.92 Å². The number of nitrogens with one attached hydrogen (secondary N) is 1. The lowest BCUT2D eigenvalue weighted by molar-refractivity contribution is -0.118. The first kappa shape index (κ1) is 19.7. The normalized spacial score (nSPS) is 18.2. The van der Waals surface area contributed by atoms with Gasteiger partial charge in [-0.3, -0.25) is 14.3 Å². The van der Waals surface area contributed by atoms with Gasteiger partial charge in [-0.1, -0.05) is 6.07 Å². The van der Waals surface area contributed by atoms with Crippen molar-refractivity contribution in [1.29, 1.82) is 0 Å². The van der Waals surface area contributed by atoms with E-state index in [9.17, 15) is 9.59 Å². The van der Waals surface area contributed by atoms with Crippen molar-refractivity contribution in [2.45, 2.75) is 25.3 Å². The van der Waals surface area contributed by atoms with Crippen molar-refractivity contribution in [2.24, 2.45) is 7.05 Å². The molecule has 2 aliphatic heterocycles. The number of carbonyl (C=O) groups is 2. The summed E-state index contributed by atoms with van der Waals surface area (Å²) < 4.78 is 1.70. The molecule has 31 heavy (non-hydrogen) atoms. The van der Waals surface area contributed by atoms with Crippen molar-refractivity contribution in [3.8, 4) is 0 Å². The topological polar surface area (TPSA) is 83.4 Å². The second-order valence-corrected chi connectivity index (χ2v) is 8.92. The van der Waals surface area contributed by atoms with E-state index in [1.807, 2.05) is 36.8 Å². The van der Waals surface area contributed by atoms with Gasteiger partial charge in [-0.15, -0.1) is 11.3 Å². The summed E-state index contributed by atoms with van der Waals surface area (Å²) in [5.41, 5.74) is 3.36. The van der Waals surface area contributed by atoms with Crippen LogP contribution in [0.15, 0.2) is 42.0 Å². The van der Waals surface area contributed by atoms with Gasteiger partial charge in [0.05, 0.1) is 5.69 Å². The molecule has 3 aromatic rings. The monoisotopic (exact) mass is 436 g/mol. The van der Waals surface area contributed by atoms with Crippen LogP contribution in [0.5, 0.6) is 0 Å². The third-order valence-corrected chi connectivity index (χ3v) is 6.55. The number of hydrogen-bond acceptors (Lipinski definition) is 6. The van der Waals surface area contributed by atoms with E-state index in [1.165, 1.54) is 24.2 Å². The molecule has 8 nitrogen and oxygen atoms in total. The highest BCUT2D eigenvalue weighted by molar-refractivity contribution is 7.13. The highest BCUT2D eigenvalue weighted by Gasteiger charge is 2.36. The molecule has 0 saturated carbocycles. The molecule has 2 aliphatic rings. The molecular formula is C22H24N6O2S. The van der Waals surface area contributed by atoms with Gasteiger partial charge in [-0.05, 0) is 31.0 Å². The van der Waals surface area contributed by atoms with Crippen LogP contribution in [-0.4, -0.2) is 51.1 Å². The van der Waals surface area contributed by atoms with Crippen LogP contribution < -0.4 is 10.2 Å². The molecular weight excluding hydrogens is 412 g/mol. The number of fused-ring (bicyclic) bond motifs is 1. The van der Waals surface area contributed by atoms with Crippen LogP contribution >= 0.6 is 11.3 Å². The first-order valence-electron chi connectivity index (χ1n) is 10.5. The summed E-state index contributed by atoms with van der Waals surface area (Å²) in [6.45, 7) is 2.78. The lowest BCUT2D eigenvalue weighted by Crippen LogP contribution is -2.42. The van der Waals surface area contributed by atoms with Crippen molar-refractivity contribution in [3.05, 3.63) is 58.9 Å². The van der Waals surface area contributed by atoms with Gasteiger partial charge < -0.3 is 15.1 Å². The van der Waals surface area contributed by atoms with Crippen LogP contribution in [0, 0.1) is 0 Å². The molecule has 1 aromatic carbocycles. The van der Waals surface area contributed by atoms with Crippen LogP contribution in [-0.2, 0) is 18.4 Å². The zero-order valence-electron chi connectivity index (χ0n) is 17.3. The van der Waals surface area contributed by atoms with Crippen molar-refractivity contribution < 1.29 is 9.59 Å². The Morgan fingerprint density at radius 3 is 2.84 bits per heavy atom. The summed E-state index contributed by atoms with van der Waals surface area (Å²) in [4.78, 5) is 34.6. The second kappa shape index (κ2) is 8.14. The Hall–Kier alpha value is -3.20. The fraction of sp³-hybridized carbons (Fsp3) is 0.364. The Balaban J connectivity index is 1.40. The molecule has 9 heteroatoms. The number of benzene rings is 1. The van der Waals surface area contributed by atoms with Gasteiger partial charge in [0.15, 0.2) is 5.13 Å². The van der Waals surface area contributed by atoms with E-state index in [0.29, 0.717) is 17.2 Å². The number of amides is 2. The van der Waals surface area contributed by atoms with E-state index in [2.05, 4.69) is 26.4 Å². The quantitative estimate of drug-likeness (QED) is 0.680. The van der Waals surface area contributed by atoms with Crippen LogP contribution in [0.1, 0.15) is 40.4 Å². The van der Waals surface area contributed by atoms with E-state index in [-0.39, 0.29) is 18.4 Å². The van der Waals surface area contributed by atoms with Gasteiger partial charge in [0, 0.05) is 67.8 Å². The predicted octanol–water partition coefficient (Wildman–Crippen LogP) is 2.86. The lowest BCUT2D eigenvalue weighted by Gasteiger charge is -2.31. The zero-order chi connectivity index (χ0) is 21.4. The van der Waals surface area contributed by atoms with Crippen LogP contribution in [0.25, 0.3) is 0 Å². The van der Waals surface area contributed by atoms with Crippen molar-refractivity contribution in [2.75, 3.05) is 29.9 Å². The standard InChI is InChI=1S/C22H24N6O2S/c1-26-12-16-13-28(14-18(19(16)25-26)20(29)24-22-23-7-10-31-22)21(30)15-5-4-6-17(11-15)27-8-2-3-9-27/h4-7,10-12,18H,2-3,8-9,13-14H2,1H3,(H,23,24,29). The molecule has 5 rings (SSSR count). The average molecular weight is 437 g/mol. The molecule has 0 bridgehead atoms. The summed E-state index contributed by atoms with van der Waals surface area (Å²) in [6.07, 6.45) is 5.91. The largest absolute Gasteiger partial charge is 0.372 e. The van der Waals surface area contributed by atoms with Crippen LogP contribution in [0.2, 0.25) is 0 Å². The van der Waals surface area contributed by atoms with Crippen LogP contribution in [0.3, 0.4) is 0 Å². The van der Waals surface area contributed by atoms with Gasteiger partial charge in [-0.2, -0.15) is 5.10 Å². The number of rotatable bonds is 4. The van der Waals surface area contributed by atoms with Gasteiger partial charge in [-0.25, -0.2) is 4.98 Å². The van der Waals surface area contributed by atoms with Gasteiger partial charge in [0.2, 0.25) is 5.91 Å². The molecule has 0 radical (unpaired) electrons. The van der Waals surface area contributed by atoms with Crippen molar-refractivity contribution >= 4 is 34.0 Å². The van der Waals surface area contributed by atoms with Crippen LogP contribution in [0.4, 0.5) is 10.8 Å². The summed E-state index contributed by atoms with van der Waals surface area (Å²) in [7, 11) is 1.83. The van der Waals surface area contributed by atoms with E-state index in [1.54, 1.807) is 15.8 Å². The molecule has 2 amide bonds. The number of thiazole rings is 1. The molecule has 4 heterocycles. The van der Waals surface area contributed by atoms with E-state index >= 15 is 0 Å². The first-order chi connectivity index (χ1) is 15.1. The highest BCUT2D eigenvalue weighted by atomic mass is 32.1. The third kappa shape index (κ3) is 3.93. The molecule has 0 aliphatic carbocycles. The minimum Gasteiger partial charge on any atom is -0.372 e. The van der Waals surface area contributed by atoms with Gasteiger partial charge >= 0.3 is 0 Å². The van der Waals surface area contributed by atoms with E-state index < -0.39 is 5.92 Å². The first-order valence-corrected chi connectivity index (χ1v) is 11.3. The van der Waals surface area contributed by atoms with Crippen molar-refractivity contribution in [3.63, 3.8) is 0 Å². The molecule has 1 fully saturated rings. The highest BCUT2D eigenvalue weighted by Crippen LogP contribution is 2.30. The fourth-order valence-corrected chi connectivity index (χ4v) is 4.91. The molecule has 0 spiro atoms. The molecule has 1 unspecified atom stereocenters. The minimum atomic E-state index is -0.542. The number of hydrogen-bond donors (Lipinski definition) is 1. The number of aromatic nitrogens is 3. The average Bonchev–Trinajstić information content (AvgIpc) is 3.54. The van der Waals surface area contributed by atoms with Crippen molar-refractivity contribution in [1.82, 2.24) is 19.7 Å². The fourth-order valence-electron chi connectivity index (χ4n) is 4.38. The van der Waals surface area contributed by atoms with E-state index in [0.717, 1.165) is 30.0 Å². The van der Waals surface area contributed by atoms with Gasteiger partial charge in [0.25, 0.3) is 5.91 Å². The zero-order valence-corrected chi connectivity index (χ0v) is 18.1. The smallest absolute Gasteiger partial charge is 0.254 e. The Morgan fingerprint density at radius 2 is 2.06 bits per heavy atom.